The highest BCUT2D eigenvalue weighted by Crippen LogP contribution is 2.31. The van der Waals surface area contributed by atoms with Gasteiger partial charge in [0.25, 0.3) is 0 Å². The summed E-state index contributed by atoms with van der Waals surface area (Å²) < 4.78 is 0. The Morgan fingerprint density at radius 1 is 0.800 bits per heavy atom. The number of halogens is 1. The van der Waals surface area contributed by atoms with E-state index in [0.29, 0.717) is 5.15 Å². The van der Waals surface area contributed by atoms with Gasteiger partial charge >= 0.3 is 0 Å². The second kappa shape index (κ2) is 5.43. The zero-order valence-corrected chi connectivity index (χ0v) is 11.8. The van der Waals surface area contributed by atoms with Crippen LogP contribution in [0, 0.1) is 6.92 Å². The molecular formula is C17H13ClN2. The third-order valence-electron chi connectivity index (χ3n) is 3.17. The van der Waals surface area contributed by atoms with Gasteiger partial charge in [-0.25, -0.2) is 0 Å². The van der Waals surface area contributed by atoms with Crippen molar-refractivity contribution in [3.63, 3.8) is 0 Å². The molecule has 2 nitrogen and oxygen atoms in total. The molecule has 0 N–H and O–H groups in total. The van der Waals surface area contributed by atoms with Crippen molar-refractivity contribution < 1.29 is 0 Å². The molecule has 3 aromatic rings. The van der Waals surface area contributed by atoms with E-state index in [0.717, 1.165) is 22.4 Å². The minimum Gasteiger partial charge on any atom is -0.148 e. The number of aromatic nitrogens is 2. The predicted molar refractivity (Wildman–Crippen MR) is 82.7 cm³/mol. The highest BCUT2D eigenvalue weighted by molar-refractivity contribution is 6.29. The molecule has 0 fully saturated rings. The molecule has 3 heteroatoms. The van der Waals surface area contributed by atoms with E-state index < -0.39 is 0 Å². The van der Waals surface area contributed by atoms with E-state index in [4.69, 9.17) is 11.6 Å². The molecule has 20 heavy (non-hydrogen) atoms. The molecule has 0 aliphatic rings. The average molecular weight is 281 g/mol. The maximum absolute atomic E-state index is 6.01. The molecule has 1 aromatic heterocycles. The highest BCUT2D eigenvalue weighted by Gasteiger charge is 2.10. The van der Waals surface area contributed by atoms with Crippen LogP contribution in [0.4, 0.5) is 0 Å². The average Bonchev–Trinajstić information content (AvgIpc) is 2.49. The van der Waals surface area contributed by atoms with Crippen molar-refractivity contribution in [2.24, 2.45) is 0 Å². The van der Waals surface area contributed by atoms with Gasteiger partial charge in [-0.15, -0.1) is 10.2 Å². The highest BCUT2D eigenvalue weighted by atomic mass is 35.5. The third-order valence-corrected chi connectivity index (χ3v) is 3.36. The van der Waals surface area contributed by atoms with Gasteiger partial charge in [0.1, 0.15) is 5.69 Å². The van der Waals surface area contributed by atoms with Crippen molar-refractivity contribution in [1.82, 2.24) is 10.2 Å². The van der Waals surface area contributed by atoms with Crippen molar-refractivity contribution >= 4 is 11.6 Å². The van der Waals surface area contributed by atoms with E-state index >= 15 is 0 Å². The molecular weight excluding hydrogens is 268 g/mol. The summed E-state index contributed by atoms with van der Waals surface area (Å²) in [5.74, 6) is 0. The summed E-state index contributed by atoms with van der Waals surface area (Å²) in [6.07, 6.45) is 0. The maximum Gasteiger partial charge on any atom is 0.152 e. The Morgan fingerprint density at radius 3 is 2.20 bits per heavy atom. The van der Waals surface area contributed by atoms with Gasteiger partial charge in [-0.3, -0.25) is 0 Å². The Kier molecular flexibility index (Phi) is 3.48. The minimum absolute atomic E-state index is 0.403. The predicted octanol–water partition coefficient (Wildman–Crippen LogP) is 4.77. The van der Waals surface area contributed by atoms with Gasteiger partial charge in [0.15, 0.2) is 5.15 Å². The SMILES string of the molecule is Cc1ccc(-c2cc(Cl)nnc2-c2ccccc2)cc1. The lowest BCUT2D eigenvalue weighted by atomic mass is 9.99. The van der Waals surface area contributed by atoms with Crippen molar-refractivity contribution in [3.05, 3.63) is 71.4 Å². The largest absolute Gasteiger partial charge is 0.152 e. The van der Waals surface area contributed by atoms with Gasteiger partial charge in [0.2, 0.25) is 0 Å². The van der Waals surface area contributed by atoms with Gasteiger partial charge in [-0.1, -0.05) is 71.8 Å². The van der Waals surface area contributed by atoms with Gasteiger partial charge in [0, 0.05) is 11.1 Å². The molecule has 0 aliphatic heterocycles. The quantitative estimate of drug-likeness (QED) is 0.675. The van der Waals surface area contributed by atoms with Gasteiger partial charge in [0.05, 0.1) is 0 Å². The normalized spacial score (nSPS) is 10.5. The smallest absolute Gasteiger partial charge is 0.148 e. The molecule has 0 radical (unpaired) electrons. The fourth-order valence-electron chi connectivity index (χ4n) is 2.13. The fraction of sp³-hybridized carbons (Fsp3) is 0.0588. The number of benzene rings is 2. The Labute approximate surface area is 123 Å². The zero-order chi connectivity index (χ0) is 13.9. The molecule has 0 saturated carbocycles. The topological polar surface area (TPSA) is 25.8 Å². The van der Waals surface area contributed by atoms with Crippen LogP contribution in [0.2, 0.25) is 5.15 Å². The Bertz CT molecular complexity index is 722. The molecule has 0 saturated heterocycles. The minimum atomic E-state index is 0.403. The number of hydrogen-bond acceptors (Lipinski definition) is 2. The summed E-state index contributed by atoms with van der Waals surface area (Å²) in [5.41, 5.74) is 5.19. The second-order valence-corrected chi connectivity index (χ2v) is 5.05. The molecule has 0 bridgehead atoms. The third kappa shape index (κ3) is 2.56. The first-order valence-electron chi connectivity index (χ1n) is 6.40. The van der Waals surface area contributed by atoms with Gasteiger partial charge in [-0.05, 0) is 18.6 Å². The van der Waals surface area contributed by atoms with Crippen molar-refractivity contribution in [3.8, 4) is 22.4 Å². The van der Waals surface area contributed by atoms with Crippen LogP contribution >= 0.6 is 11.6 Å². The first-order chi connectivity index (χ1) is 9.74. The van der Waals surface area contributed by atoms with E-state index in [2.05, 4.69) is 41.4 Å². The fourth-order valence-corrected chi connectivity index (χ4v) is 2.28. The van der Waals surface area contributed by atoms with Crippen LogP contribution in [0.3, 0.4) is 0 Å². The van der Waals surface area contributed by atoms with Crippen LogP contribution in [0.15, 0.2) is 60.7 Å². The summed E-state index contributed by atoms with van der Waals surface area (Å²) in [6, 6.07) is 20.2. The van der Waals surface area contributed by atoms with E-state index in [-0.39, 0.29) is 0 Å². The van der Waals surface area contributed by atoms with Crippen LogP contribution in [0.25, 0.3) is 22.4 Å². The molecule has 0 amide bonds. The van der Waals surface area contributed by atoms with E-state index in [1.54, 1.807) is 0 Å². The first-order valence-corrected chi connectivity index (χ1v) is 6.77. The molecule has 0 unspecified atom stereocenters. The van der Waals surface area contributed by atoms with Crippen molar-refractivity contribution in [2.75, 3.05) is 0 Å². The molecule has 1 heterocycles. The summed E-state index contributed by atoms with van der Waals surface area (Å²) in [4.78, 5) is 0. The summed E-state index contributed by atoms with van der Waals surface area (Å²) in [5, 5.41) is 8.64. The Morgan fingerprint density at radius 2 is 1.50 bits per heavy atom. The van der Waals surface area contributed by atoms with Crippen LogP contribution in [-0.2, 0) is 0 Å². The Balaban J connectivity index is 2.19. The zero-order valence-electron chi connectivity index (χ0n) is 11.0. The number of hydrogen-bond donors (Lipinski definition) is 0. The molecule has 2 aromatic carbocycles. The lowest BCUT2D eigenvalue weighted by Gasteiger charge is -2.09. The first kappa shape index (κ1) is 12.8. The van der Waals surface area contributed by atoms with Crippen LogP contribution in [0.5, 0.6) is 0 Å². The van der Waals surface area contributed by atoms with Gasteiger partial charge in [-0.2, -0.15) is 0 Å². The number of rotatable bonds is 2. The molecule has 3 rings (SSSR count). The number of aryl methyl sites for hydroxylation is 1. The van der Waals surface area contributed by atoms with Crippen molar-refractivity contribution in [1.29, 1.82) is 0 Å². The standard InChI is InChI=1S/C17H13ClN2/c1-12-7-9-13(10-8-12)15-11-16(18)19-20-17(15)14-5-3-2-4-6-14/h2-11H,1H3. The van der Waals surface area contributed by atoms with Crippen LogP contribution in [0.1, 0.15) is 5.56 Å². The van der Waals surface area contributed by atoms with E-state index in [1.807, 2.05) is 36.4 Å². The molecule has 0 aliphatic carbocycles. The maximum atomic E-state index is 6.01. The van der Waals surface area contributed by atoms with E-state index in [1.165, 1.54) is 5.56 Å². The summed E-state index contributed by atoms with van der Waals surface area (Å²) >= 11 is 6.01. The lowest BCUT2D eigenvalue weighted by molar-refractivity contribution is 1.04. The second-order valence-electron chi connectivity index (χ2n) is 4.66. The van der Waals surface area contributed by atoms with E-state index in [9.17, 15) is 0 Å². The number of nitrogens with zero attached hydrogens (tertiary/aromatic N) is 2. The lowest BCUT2D eigenvalue weighted by Crippen LogP contribution is -1.93. The molecule has 98 valence electrons. The van der Waals surface area contributed by atoms with Gasteiger partial charge < -0.3 is 0 Å². The summed E-state index contributed by atoms with van der Waals surface area (Å²) in [7, 11) is 0. The monoisotopic (exact) mass is 280 g/mol. The molecule has 0 spiro atoms. The molecule has 0 atom stereocenters. The van der Waals surface area contributed by atoms with Crippen LogP contribution in [-0.4, -0.2) is 10.2 Å². The summed E-state index contributed by atoms with van der Waals surface area (Å²) in [6.45, 7) is 2.07. The van der Waals surface area contributed by atoms with Crippen LogP contribution < -0.4 is 0 Å². The Hall–Kier alpha value is -2.19. The van der Waals surface area contributed by atoms with Crippen molar-refractivity contribution in [2.45, 2.75) is 6.92 Å².